The summed E-state index contributed by atoms with van der Waals surface area (Å²) in [5.41, 5.74) is 1.73. The van der Waals surface area contributed by atoms with Crippen molar-refractivity contribution in [2.75, 3.05) is 24.2 Å². The molecule has 21 heavy (non-hydrogen) atoms. The van der Waals surface area contributed by atoms with Crippen molar-refractivity contribution in [3.8, 4) is 6.07 Å². The van der Waals surface area contributed by atoms with Crippen LogP contribution in [0.4, 0.5) is 5.69 Å². The molecule has 0 bridgehead atoms. The number of benzene rings is 1. The maximum absolute atomic E-state index is 10.7. The van der Waals surface area contributed by atoms with E-state index in [0.717, 1.165) is 48.5 Å². The van der Waals surface area contributed by atoms with Gasteiger partial charge in [-0.15, -0.1) is 11.8 Å². The van der Waals surface area contributed by atoms with Gasteiger partial charge in [-0.3, -0.25) is 4.79 Å². The molecule has 0 spiro atoms. The van der Waals surface area contributed by atoms with E-state index in [1.54, 1.807) is 11.8 Å². The minimum atomic E-state index is -0.728. The molecule has 0 aromatic heterocycles. The van der Waals surface area contributed by atoms with E-state index in [4.69, 9.17) is 5.11 Å². The Hall–Kier alpha value is -1.67. The van der Waals surface area contributed by atoms with Gasteiger partial charge in [0.05, 0.1) is 11.3 Å². The van der Waals surface area contributed by atoms with Crippen molar-refractivity contribution in [2.45, 2.75) is 30.6 Å². The number of hydrogen-bond donors (Lipinski definition) is 1. The van der Waals surface area contributed by atoms with Crippen molar-refractivity contribution in [2.24, 2.45) is 5.92 Å². The number of carboxylic acids is 1. The highest BCUT2D eigenvalue weighted by Crippen LogP contribution is 2.32. The molecule has 1 aliphatic rings. The van der Waals surface area contributed by atoms with Crippen LogP contribution in [0.3, 0.4) is 0 Å². The minimum absolute atomic E-state index is 0.231. The minimum Gasteiger partial charge on any atom is -0.481 e. The second-order valence-corrected chi connectivity index (χ2v) is 6.20. The number of nitriles is 1. The maximum Gasteiger partial charge on any atom is 0.303 e. The first-order chi connectivity index (χ1) is 10.2. The Bertz CT molecular complexity index is 554. The Morgan fingerprint density at radius 3 is 3.05 bits per heavy atom. The van der Waals surface area contributed by atoms with Crippen molar-refractivity contribution in [1.29, 1.82) is 5.26 Å². The van der Waals surface area contributed by atoms with Crippen LogP contribution in [0.15, 0.2) is 23.1 Å². The van der Waals surface area contributed by atoms with Crippen LogP contribution in [0.5, 0.6) is 0 Å². The topological polar surface area (TPSA) is 64.3 Å². The molecule has 0 saturated carbocycles. The Labute approximate surface area is 129 Å². The molecular weight excluding hydrogens is 284 g/mol. The van der Waals surface area contributed by atoms with Gasteiger partial charge in [0, 0.05) is 24.4 Å². The normalized spacial score (nSPS) is 18.3. The van der Waals surface area contributed by atoms with E-state index in [2.05, 4.69) is 11.0 Å². The summed E-state index contributed by atoms with van der Waals surface area (Å²) in [6, 6.07) is 8.28. The fourth-order valence-electron chi connectivity index (χ4n) is 2.91. The first-order valence-electron chi connectivity index (χ1n) is 7.19. The van der Waals surface area contributed by atoms with Gasteiger partial charge in [0.2, 0.25) is 0 Å². The molecule has 1 saturated heterocycles. The lowest BCUT2D eigenvalue weighted by Gasteiger charge is -2.35. The van der Waals surface area contributed by atoms with E-state index in [1.807, 2.05) is 24.5 Å². The SMILES string of the molecule is CSc1cccc(N2CCCC(CCC(=O)O)C2)c1C#N. The molecule has 1 heterocycles. The third-order valence-corrected chi connectivity index (χ3v) is 4.74. The highest BCUT2D eigenvalue weighted by atomic mass is 32.2. The Kier molecular flexibility index (Phi) is 5.51. The van der Waals surface area contributed by atoms with Crippen LogP contribution in [0.2, 0.25) is 0 Å². The molecule has 1 fully saturated rings. The fourth-order valence-corrected chi connectivity index (χ4v) is 3.48. The monoisotopic (exact) mass is 304 g/mol. The molecule has 1 aliphatic heterocycles. The summed E-state index contributed by atoms with van der Waals surface area (Å²) in [7, 11) is 0. The van der Waals surface area contributed by atoms with Crippen molar-refractivity contribution in [1.82, 2.24) is 0 Å². The molecule has 1 aromatic rings. The fraction of sp³-hybridized carbons (Fsp3) is 0.500. The summed E-state index contributed by atoms with van der Waals surface area (Å²) in [5, 5.41) is 18.3. The average Bonchev–Trinajstić information content (AvgIpc) is 2.52. The van der Waals surface area contributed by atoms with E-state index in [-0.39, 0.29) is 6.42 Å². The largest absolute Gasteiger partial charge is 0.481 e. The number of hydrogen-bond acceptors (Lipinski definition) is 4. The number of carbonyl (C=O) groups is 1. The summed E-state index contributed by atoms with van der Waals surface area (Å²) < 4.78 is 0. The predicted octanol–water partition coefficient (Wildman–Crippen LogP) is 3.36. The zero-order valence-corrected chi connectivity index (χ0v) is 13.0. The Morgan fingerprint density at radius 2 is 2.38 bits per heavy atom. The highest BCUT2D eigenvalue weighted by molar-refractivity contribution is 7.98. The number of carboxylic acid groups (broad SMARTS) is 1. The van der Waals surface area contributed by atoms with Crippen LogP contribution >= 0.6 is 11.8 Å². The number of piperidine rings is 1. The van der Waals surface area contributed by atoms with Gasteiger partial charge in [0.15, 0.2) is 0 Å². The Morgan fingerprint density at radius 1 is 1.57 bits per heavy atom. The lowest BCUT2D eigenvalue weighted by Crippen LogP contribution is -2.36. The summed E-state index contributed by atoms with van der Waals surface area (Å²) in [6.45, 7) is 1.79. The van der Waals surface area contributed by atoms with Gasteiger partial charge in [-0.25, -0.2) is 0 Å². The average molecular weight is 304 g/mol. The second kappa shape index (κ2) is 7.37. The van der Waals surface area contributed by atoms with Crippen LogP contribution in [0.25, 0.3) is 0 Å². The van der Waals surface area contributed by atoms with Crippen LogP contribution in [0.1, 0.15) is 31.2 Å². The van der Waals surface area contributed by atoms with Gasteiger partial charge in [-0.1, -0.05) is 6.07 Å². The third-order valence-electron chi connectivity index (χ3n) is 3.96. The van der Waals surface area contributed by atoms with Gasteiger partial charge in [0.25, 0.3) is 0 Å². The van der Waals surface area contributed by atoms with E-state index >= 15 is 0 Å². The summed E-state index contributed by atoms with van der Waals surface area (Å²) >= 11 is 1.59. The van der Waals surface area contributed by atoms with Gasteiger partial charge >= 0.3 is 5.97 Å². The van der Waals surface area contributed by atoms with Crippen LogP contribution in [-0.2, 0) is 4.79 Å². The number of rotatable bonds is 5. The van der Waals surface area contributed by atoms with Crippen LogP contribution in [0, 0.1) is 17.2 Å². The molecule has 0 radical (unpaired) electrons. The van der Waals surface area contributed by atoms with Crippen molar-refractivity contribution >= 4 is 23.4 Å². The van der Waals surface area contributed by atoms with Crippen LogP contribution in [-0.4, -0.2) is 30.4 Å². The Balaban J connectivity index is 2.14. The number of aliphatic carboxylic acids is 1. The van der Waals surface area contributed by atoms with E-state index in [9.17, 15) is 10.1 Å². The molecule has 1 aromatic carbocycles. The predicted molar refractivity (Wildman–Crippen MR) is 84.7 cm³/mol. The number of thioether (sulfide) groups is 1. The molecule has 2 rings (SSSR count). The van der Waals surface area contributed by atoms with Crippen molar-refractivity contribution in [3.63, 3.8) is 0 Å². The standard InChI is InChI=1S/C16H20N2O2S/c1-21-15-6-2-5-14(13(15)10-17)18-9-3-4-12(11-18)7-8-16(19)20/h2,5-6,12H,3-4,7-9,11H2,1H3,(H,19,20). The first-order valence-corrected chi connectivity index (χ1v) is 8.42. The highest BCUT2D eigenvalue weighted by Gasteiger charge is 2.23. The van der Waals surface area contributed by atoms with E-state index in [1.165, 1.54) is 0 Å². The molecule has 1 unspecified atom stereocenters. The zero-order valence-electron chi connectivity index (χ0n) is 12.2. The smallest absolute Gasteiger partial charge is 0.303 e. The van der Waals surface area contributed by atoms with Gasteiger partial charge in [0.1, 0.15) is 6.07 Å². The molecule has 0 aliphatic carbocycles. The van der Waals surface area contributed by atoms with E-state index < -0.39 is 5.97 Å². The second-order valence-electron chi connectivity index (χ2n) is 5.35. The molecular formula is C16H20N2O2S. The van der Waals surface area contributed by atoms with Gasteiger partial charge < -0.3 is 10.0 Å². The number of nitrogens with zero attached hydrogens (tertiary/aromatic N) is 2. The molecule has 112 valence electrons. The quantitative estimate of drug-likeness (QED) is 0.845. The van der Waals surface area contributed by atoms with Gasteiger partial charge in [-0.2, -0.15) is 5.26 Å². The molecule has 1 N–H and O–H groups in total. The lowest BCUT2D eigenvalue weighted by atomic mass is 9.92. The lowest BCUT2D eigenvalue weighted by molar-refractivity contribution is -0.137. The third kappa shape index (κ3) is 3.92. The molecule has 4 nitrogen and oxygen atoms in total. The summed E-state index contributed by atoms with van der Waals surface area (Å²) in [5.74, 6) is -0.325. The molecule has 1 atom stereocenters. The maximum atomic E-state index is 10.7. The molecule has 0 amide bonds. The van der Waals surface area contributed by atoms with Crippen molar-refractivity contribution in [3.05, 3.63) is 23.8 Å². The van der Waals surface area contributed by atoms with Crippen molar-refractivity contribution < 1.29 is 9.90 Å². The zero-order chi connectivity index (χ0) is 15.2. The first kappa shape index (κ1) is 15.7. The number of anilines is 1. The van der Waals surface area contributed by atoms with Gasteiger partial charge in [-0.05, 0) is 43.6 Å². The summed E-state index contributed by atoms with van der Waals surface area (Å²) in [6.07, 6.45) is 5.06. The summed E-state index contributed by atoms with van der Waals surface area (Å²) in [4.78, 5) is 14.0. The van der Waals surface area contributed by atoms with Crippen LogP contribution < -0.4 is 4.90 Å². The van der Waals surface area contributed by atoms with E-state index in [0.29, 0.717) is 5.92 Å². The molecule has 5 heteroatoms.